The van der Waals surface area contributed by atoms with Gasteiger partial charge in [-0.3, -0.25) is 14.4 Å². The minimum absolute atomic E-state index is 0.102. The lowest BCUT2D eigenvalue weighted by atomic mass is 10.1. The molecule has 6 heteroatoms. The van der Waals surface area contributed by atoms with Gasteiger partial charge in [0, 0.05) is 19.3 Å². The number of carbonyl (C=O) groups is 3. The van der Waals surface area contributed by atoms with Crippen molar-refractivity contribution in [1.82, 2.24) is 0 Å². The molecule has 0 radical (unpaired) electrons. The summed E-state index contributed by atoms with van der Waals surface area (Å²) in [5.41, 5.74) is 0. The van der Waals surface area contributed by atoms with Crippen LogP contribution < -0.4 is 0 Å². The molecule has 0 heterocycles. The highest BCUT2D eigenvalue weighted by Gasteiger charge is 2.19. The molecule has 0 N–H and O–H groups in total. The lowest BCUT2D eigenvalue weighted by Gasteiger charge is -2.18. The Morgan fingerprint density at radius 3 is 0.890 bits per heavy atom. The summed E-state index contributed by atoms with van der Waals surface area (Å²) in [6.45, 7) is 6.37. The zero-order chi connectivity index (χ0) is 52.9. The summed E-state index contributed by atoms with van der Waals surface area (Å²) in [6.07, 6.45) is 85.0. The number of unbranched alkanes of at least 4 members (excludes halogenated alkanes) is 19. The minimum Gasteiger partial charge on any atom is -0.462 e. The van der Waals surface area contributed by atoms with Gasteiger partial charge in [-0.25, -0.2) is 0 Å². The quantitative estimate of drug-likeness (QED) is 0.0261. The molecule has 0 aliphatic rings. The molecule has 0 bridgehead atoms. The molecule has 0 spiro atoms. The Morgan fingerprint density at radius 1 is 0.288 bits per heavy atom. The predicted molar refractivity (Wildman–Crippen MR) is 316 cm³/mol. The van der Waals surface area contributed by atoms with Crippen molar-refractivity contribution in [1.29, 1.82) is 0 Å². The Morgan fingerprint density at radius 2 is 0.548 bits per heavy atom. The molecule has 0 rings (SSSR count). The maximum absolute atomic E-state index is 12.8. The molecule has 0 aliphatic carbocycles. The zero-order valence-corrected chi connectivity index (χ0v) is 47.1. The van der Waals surface area contributed by atoms with Crippen LogP contribution in [0.15, 0.2) is 134 Å². The van der Waals surface area contributed by atoms with E-state index in [-0.39, 0.29) is 37.5 Å². The van der Waals surface area contributed by atoms with Gasteiger partial charge in [0.25, 0.3) is 0 Å². The van der Waals surface area contributed by atoms with Gasteiger partial charge in [0.2, 0.25) is 0 Å². The number of carbonyl (C=O) groups excluding carboxylic acids is 3. The van der Waals surface area contributed by atoms with Gasteiger partial charge in [0.15, 0.2) is 6.10 Å². The third kappa shape index (κ3) is 58.3. The van der Waals surface area contributed by atoms with E-state index in [1.165, 1.54) is 83.5 Å². The lowest BCUT2D eigenvalue weighted by molar-refractivity contribution is -0.167. The molecule has 1 atom stereocenters. The molecule has 412 valence electrons. The summed E-state index contributed by atoms with van der Waals surface area (Å²) >= 11 is 0. The first-order valence-electron chi connectivity index (χ1n) is 29.7. The first kappa shape index (κ1) is 68.6. The Balaban J connectivity index is 4.24. The van der Waals surface area contributed by atoms with Gasteiger partial charge in [-0.1, -0.05) is 251 Å². The molecule has 0 aromatic rings. The van der Waals surface area contributed by atoms with Crippen molar-refractivity contribution in [2.45, 2.75) is 258 Å². The van der Waals surface area contributed by atoms with Crippen LogP contribution in [-0.2, 0) is 28.6 Å². The number of ether oxygens (including phenoxy) is 3. The van der Waals surface area contributed by atoms with Crippen LogP contribution in [0.1, 0.15) is 252 Å². The number of allylic oxidation sites excluding steroid dienone is 22. The summed E-state index contributed by atoms with van der Waals surface area (Å²) in [4.78, 5) is 37.8. The summed E-state index contributed by atoms with van der Waals surface area (Å²) in [7, 11) is 0. The highest BCUT2D eigenvalue weighted by molar-refractivity contribution is 5.71. The Kier molecular flexibility index (Phi) is 56.4. The molecule has 0 saturated carbocycles. The first-order valence-corrected chi connectivity index (χ1v) is 29.7. The summed E-state index contributed by atoms with van der Waals surface area (Å²) < 4.78 is 16.7. The van der Waals surface area contributed by atoms with Crippen molar-refractivity contribution in [3.8, 4) is 0 Å². The first-order chi connectivity index (χ1) is 36.0. The van der Waals surface area contributed by atoms with Crippen LogP contribution in [0.5, 0.6) is 0 Å². The number of esters is 3. The molecule has 0 saturated heterocycles. The smallest absolute Gasteiger partial charge is 0.306 e. The highest BCUT2D eigenvalue weighted by atomic mass is 16.6. The number of hydrogen-bond acceptors (Lipinski definition) is 6. The van der Waals surface area contributed by atoms with E-state index in [0.29, 0.717) is 19.3 Å². The normalized spacial score (nSPS) is 13.1. The van der Waals surface area contributed by atoms with Crippen LogP contribution in [0, 0.1) is 0 Å². The molecule has 73 heavy (non-hydrogen) atoms. The third-order valence-electron chi connectivity index (χ3n) is 12.1. The SMILES string of the molecule is CC/C=C\C/C=C\C/C=C\C/C=C\C/C=C\C/C=C\C/C=C\C/C=C\C/C=C\CCCC(=O)OCC(COC(=O)CCCCCCC)OC(=O)CCCCCCCCCCC/C=C\C/C=C\CCCCCCC. The zero-order valence-electron chi connectivity index (χ0n) is 47.1. The van der Waals surface area contributed by atoms with Crippen LogP contribution >= 0.6 is 0 Å². The van der Waals surface area contributed by atoms with E-state index in [1.54, 1.807) is 0 Å². The largest absolute Gasteiger partial charge is 0.462 e. The van der Waals surface area contributed by atoms with E-state index in [9.17, 15) is 14.4 Å². The standard InChI is InChI=1S/C67H108O6/c1-4-7-10-13-15-17-19-21-23-25-27-29-30-31-32-33-34-35-36-38-39-41-43-45-47-49-51-54-57-60-66(69)72-63-64(62-71-65(68)59-56-53-12-9-6-3)73-67(70)61-58-55-52-50-48-46-44-42-40-37-28-26-24-22-20-18-16-14-11-8-5-2/h7,10,15,17,20-23,26-29,31-32,34-35,38-39,43,45,49,51,64H,4-6,8-9,11-14,16,18-19,24-25,30,33,36-37,40-42,44,46-48,50,52-63H2,1-3H3/b10-7-,17-15-,22-20-,23-21-,28-26-,29-27-,32-31-,35-34-,39-38-,45-43-,51-49-. The van der Waals surface area contributed by atoms with Gasteiger partial charge in [-0.05, 0) is 116 Å². The second-order valence-corrected chi connectivity index (χ2v) is 19.2. The van der Waals surface area contributed by atoms with E-state index in [4.69, 9.17) is 14.2 Å². The van der Waals surface area contributed by atoms with Gasteiger partial charge in [0.05, 0.1) is 0 Å². The fraction of sp³-hybridized carbons (Fsp3) is 0.627. The molecule has 0 aromatic heterocycles. The van der Waals surface area contributed by atoms with Crippen molar-refractivity contribution in [3.63, 3.8) is 0 Å². The fourth-order valence-electron chi connectivity index (χ4n) is 7.71. The van der Waals surface area contributed by atoms with E-state index >= 15 is 0 Å². The summed E-state index contributed by atoms with van der Waals surface area (Å²) in [5, 5.41) is 0. The van der Waals surface area contributed by atoms with Gasteiger partial charge in [-0.2, -0.15) is 0 Å². The van der Waals surface area contributed by atoms with Crippen LogP contribution in [0.25, 0.3) is 0 Å². The van der Waals surface area contributed by atoms with Gasteiger partial charge >= 0.3 is 17.9 Å². The van der Waals surface area contributed by atoms with E-state index in [0.717, 1.165) is 122 Å². The van der Waals surface area contributed by atoms with E-state index in [1.807, 2.05) is 0 Å². The predicted octanol–water partition coefficient (Wildman–Crippen LogP) is 20.2. The van der Waals surface area contributed by atoms with Crippen molar-refractivity contribution in [2.24, 2.45) is 0 Å². The molecule has 0 fully saturated rings. The highest BCUT2D eigenvalue weighted by Crippen LogP contribution is 2.14. The monoisotopic (exact) mass is 1010 g/mol. The minimum atomic E-state index is -0.805. The van der Waals surface area contributed by atoms with Gasteiger partial charge in [0.1, 0.15) is 13.2 Å². The molecular weight excluding hydrogens is 901 g/mol. The van der Waals surface area contributed by atoms with Crippen molar-refractivity contribution >= 4 is 17.9 Å². The van der Waals surface area contributed by atoms with Crippen LogP contribution in [-0.4, -0.2) is 37.2 Å². The second kappa shape index (κ2) is 60.1. The molecule has 0 aromatic carbocycles. The lowest BCUT2D eigenvalue weighted by Crippen LogP contribution is -2.30. The van der Waals surface area contributed by atoms with Crippen molar-refractivity contribution in [3.05, 3.63) is 134 Å². The average molecular weight is 1010 g/mol. The van der Waals surface area contributed by atoms with E-state index < -0.39 is 6.10 Å². The van der Waals surface area contributed by atoms with Crippen LogP contribution in [0.4, 0.5) is 0 Å². The molecular formula is C67H108O6. The fourth-order valence-corrected chi connectivity index (χ4v) is 7.71. The summed E-state index contributed by atoms with van der Waals surface area (Å²) in [5.74, 6) is -0.987. The third-order valence-corrected chi connectivity index (χ3v) is 12.1. The Bertz CT molecular complexity index is 1580. The van der Waals surface area contributed by atoms with Crippen molar-refractivity contribution < 1.29 is 28.6 Å². The van der Waals surface area contributed by atoms with Crippen LogP contribution in [0.3, 0.4) is 0 Å². The maximum atomic E-state index is 12.8. The number of rotatable bonds is 52. The molecule has 6 nitrogen and oxygen atoms in total. The second-order valence-electron chi connectivity index (χ2n) is 19.2. The van der Waals surface area contributed by atoms with E-state index in [2.05, 4.69) is 154 Å². The Labute approximate surface area is 449 Å². The summed E-state index contributed by atoms with van der Waals surface area (Å²) in [6, 6.07) is 0. The van der Waals surface area contributed by atoms with Crippen molar-refractivity contribution in [2.75, 3.05) is 13.2 Å². The number of hydrogen-bond donors (Lipinski definition) is 0. The van der Waals surface area contributed by atoms with Gasteiger partial charge in [-0.15, -0.1) is 0 Å². The Hall–Kier alpha value is -4.45. The molecule has 1 unspecified atom stereocenters. The van der Waals surface area contributed by atoms with Gasteiger partial charge < -0.3 is 14.2 Å². The van der Waals surface area contributed by atoms with Crippen LogP contribution in [0.2, 0.25) is 0 Å². The molecule has 0 amide bonds. The average Bonchev–Trinajstić information content (AvgIpc) is 3.39. The molecule has 0 aliphatic heterocycles. The topological polar surface area (TPSA) is 78.9 Å². The maximum Gasteiger partial charge on any atom is 0.306 e.